The molecular formula is C23H20N2O7. The lowest BCUT2D eigenvalue weighted by Gasteiger charge is -2.26. The molecule has 2 heterocycles. The summed E-state index contributed by atoms with van der Waals surface area (Å²) in [4.78, 5) is 36.1. The number of carbonyl (C=O) groups is 3. The number of furan rings is 1. The van der Waals surface area contributed by atoms with Crippen LogP contribution in [-0.2, 0) is 9.53 Å². The molecule has 0 bridgehead atoms. The Hall–Kier alpha value is -4.27. The Bertz CT molecular complexity index is 1090. The zero-order chi connectivity index (χ0) is 22.3. The van der Waals surface area contributed by atoms with Crippen LogP contribution >= 0.6 is 0 Å². The summed E-state index contributed by atoms with van der Waals surface area (Å²) in [6.45, 7) is 0.0919. The molecule has 0 radical (unpaired) electrons. The van der Waals surface area contributed by atoms with Gasteiger partial charge in [-0.25, -0.2) is 4.79 Å². The second-order valence-corrected chi connectivity index (χ2v) is 6.89. The zero-order valence-corrected chi connectivity index (χ0v) is 16.9. The number of nitrogens with one attached hydrogen (secondary N) is 2. The quantitative estimate of drug-likeness (QED) is 0.547. The van der Waals surface area contributed by atoms with Gasteiger partial charge < -0.3 is 29.3 Å². The Morgan fingerprint density at radius 3 is 2.50 bits per heavy atom. The molecule has 4 rings (SSSR count). The molecule has 164 valence electrons. The molecule has 0 fully saturated rings. The number of amides is 2. The molecule has 1 aromatic heterocycles. The summed E-state index contributed by atoms with van der Waals surface area (Å²) >= 11 is 0. The maximum absolute atomic E-state index is 12.2. The second kappa shape index (κ2) is 9.69. The molecule has 0 spiro atoms. The van der Waals surface area contributed by atoms with Crippen LogP contribution in [0.3, 0.4) is 0 Å². The van der Waals surface area contributed by atoms with Crippen LogP contribution < -0.4 is 20.1 Å². The van der Waals surface area contributed by atoms with Gasteiger partial charge in [0, 0.05) is 5.69 Å². The molecule has 2 N–H and O–H groups in total. The van der Waals surface area contributed by atoms with E-state index in [0.717, 1.165) is 0 Å². The van der Waals surface area contributed by atoms with E-state index in [0.29, 0.717) is 23.8 Å². The molecule has 1 atom stereocenters. The SMILES string of the molecule is O=C(COC(=O)c1ccc(NC(=O)c2ccco2)cc1)NCC1COc2ccccc2O1. The van der Waals surface area contributed by atoms with Crippen LogP contribution in [0.15, 0.2) is 71.3 Å². The summed E-state index contributed by atoms with van der Waals surface area (Å²) in [6, 6.07) is 16.5. The summed E-state index contributed by atoms with van der Waals surface area (Å²) in [5.74, 6) is -0.0612. The van der Waals surface area contributed by atoms with Gasteiger partial charge in [-0.15, -0.1) is 0 Å². The van der Waals surface area contributed by atoms with Gasteiger partial charge >= 0.3 is 5.97 Å². The highest BCUT2D eigenvalue weighted by Crippen LogP contribution is 2.30. The number of hydrogen-bond acceptors (Lipinski definition) is 7. The molecule has 1 aliphatic rings. The summed E-state index contributed by atoms with van der Waals surface area (Å²) in [5.41, 5.74) is 0.728. The van der Waals surface area contributed by atoms with Crippen molar-refractivity contribution in [2.24, 2.45) is 0 Å². The van der Waals surface area contributed by atoms with Crippen molar-refractivity contribution in [2.75, 3.05) is 25.1 Å². The number of fused-ring (bicyclic) bond motifs is 1. The van der Waals surface area contributed by atoms with E-state index in [1.807, 2.05) is 18.2 Å². The normalized spacial score (nSPS) is 14.3. The maximum atomic E-state index is 12.2. The number of carbonyl (C=O) groups excluding carboxylic acids is 3. The number of rotatable bonds is 7. The smallest absolute Gasteiger partial charge is 0.338 e. The first kappa shape index (κ1) is 21.0. The summed E-state index contributed by atoms with van der Waals surface area (Å²) in [7, 11) is 0. The van der Waals surface area contributed by atoms with Crippen LogP contribution in [0.1, 0.15) is 20.9 Å². The number of anilines is 1. The fourth-order valence-corrected chi connectivity index (χ4v) is 2.95. The van der Waals surface area contributed by atoms with E-state index in [1.54, 1.807) is 30.3 Å². The minimum Gasteiger partial charge on any atom is -0.486 e. The van der Waals surface area contributed by atoms with Crippen LogP contribution in [-0.4, -0.2) is 43.6 Å². The largest absolute Gasteiger partial charge is 0.486 e. The highest BCUT2D eigenvalue weighted by atomic mass is 16.6. The van der Waals surface area contributed by atoms with Gasteiger partial charge in [0.15, 0.2) is 23.9 Å². The summed E-state index contributed by atoms with van der Waals surface area (Å²) in [5, 5.41) is 5.30. The summed E-state index contributed by atoms with van der Waals surface area (Å²) < 4.78 is 21.4. The molecule has 2 amide bonds. The molecule has 32 heavy (non-hydrogen) atoms. The van der Waals surface area contributed by atoms with Crippen molar-refractivity contribution in [1.82, 2.24) is 5.32 Å². The second-order valence-electron chi connectivity index (χ2n) is 6.89. The first-order valence-corrected chi connectivity index (χ1v) is 9.86. The third kappa shape index (κ3) is 5.25. The molecule has 0 saturated heterocycles. The van der Waals surface area contributed by atoms with Crippen molar-refractivity contribution in [3.8, 4) is 11.5 Å². The van der Waals surface area contributed by atoms with E-state index in [9.17, 15) is 14.4 Å². The molecular weight excluding hydrogens is 416 g/mol. The van der Waals surface area contributed by atoms with Crippen molar-refractivity contribution in [3.63, 3.8) is 0 Å². The van der Waals surface area contributed by atoms with Crippen molar-refractivity contribution < 1.29 is 33.0 Å². The standard InChI is InChI=1S/C23H20N2O7/c26-21(24-12-17-13-30-18-4-1-2-5-19(18)32-17)14-31-23(28)15-7-9-16(10-8-15)25-22(27)20-6-3-11-29-20/h1-11,17H,12-14H2,(H,24,26)(H,25,27). The van der Waals surface area contributed by atoms with Crippen LogP contribution in [0.5, 0.6) is 11.5 Å². The molecule has 3 aromatic rings. The van der Waals surface area contributed by atoms with E-state index in [4.69, 9.17) is 18.6 Å². The Morgan fingerprint density at radius 2 is 1.75 bits per heavy atom. The van der Waals surface area contributed by atoms with E-state index < -0.39 is 24.4 Å². The third-order valence-corrected chi connectivity index (χ3v) is 4.55. The number of para-hydroxylation sites is 2. The van der Waals surface area contributed by atoms with Gasteiger partial charge in [-0.2, -0.15) is 0 Å². The Kier molecular flexibility index (Phi) is 6.35. The van der Waals surface area contributed by atoms with Crippen molar-refractivity contribution in [2.45, 2.75) is 6.10 Å². The van der Waals surface area contributed by atoms with Crippen LogP contribution in [0, 0.1) is 0 Å². The highest BCUT2D eigenvalue weighted by Gasteiger charge is 2.21. The minimum absolute atomic E-state index is 0.175. The predicted octanol–water partition coefficient (Wildman–Crippen LogP) is 2.64. The predicted molar refractivity (Wildman–Crippen MR) is 113 cm³/mol. The number of esters is 1. The van der Waals surface area contributed by atoms with E-state index >= 15 is 0 Å². The van der Waals surface area contributed by atoms with Gasteiger partial charge in [0.25, 0.3) is 11.8 Å². The molecule has 9 nitrogen and oxygen atoms in total. The molecule has 1 aliphatic heterocycles. The van der Waals surface area contributed by atoms with Gasteiger partial charge in [-0.1, -0.05) is 12.1 Å². The first-order valence-electron chi connectivity index (χ1n) is 9.86. The van der Waals surface area contributed by atoms with Gasteiger partial charge in [0.05, 0.1) is 18.4 Å². The van der Waals surface area contributed by atoms with Gasteiger partial charge in [-0.05, 0) is 48.5 Å². The molecule has 2 aromatic carbocycles. The lowest BCUT2D eigenvalue weighted by atomic mass is 10.2. The number of hydrogen-bond donors (Lipinski definition) is 2. The van der Waals surface area contributed by atoms with Crippen LogP contribution in [0.2, 0.25) is 0 Å². The fraction of sp³-hybridized carbons (Fsp3) is 0.174. The summed E-state index contributed by atoms with van der Waals surface area (Å²) in [6.07, 6.45) is 1.06. The van der Waals surface area contributed by atoms with Gasteiger partial charge in [0.1, 0.15) is 12.7 Å². The molecule has 1 unspecified atom stereocenters. The fourth-order valence-electron chi connectivity index (χ4n) is 2.95. The van der Waals surface area contributed by atoms with Crippen LogP contribution in [0.4, 0.5) is 5.69 Å². The number of ether oxygens (including phenoxy) is 3. The number of benzene rings is 2. The lowest BCUT2D eigenvalue weighted by molar-refractivity contribution is -0.124. The molecule has 0 aliphatic carbocycles. The average molecular weight is 436 g/mol. The van der Waals surface area contributed by atoms with Gasteiger partial charge in [-0.3, -0.25) is 9.59 Å². The minimum atomic E-state index is -0.657. The third-order valence-electron chi connectivity index (χ3n) is 4.55. The first-order chi connectivity index (χ1) is 15.6. The maximum Gasteiger partial charge on any atom is 0.338 e. The Balaban J connectivity index is 1.19. The lowest BCUT2D eigenvalue weighted by Crippen LogP contribution is -2.42. The molecule has 0 saturated carbocycles. The molecule has 9 heteroatoms. The van der Waals surface area contributed by atoms with E-state index in [1.165, 1.54) is 18.4 Å². The van der Waals surface area contributed by atoms with Gasteiger partial charge in [0.2, 0.25) is 0 Å². The highest BCUT2D eigenvalue weighted by molar-refractivity contribution is 6.02. The van der Waals surface area contributed by atoms with Crippen molar-refractivity contribution >= 4 is 23.5 Å². The zero-order valence-electron chi connectivity index (χ0n) is 16.9. The van der Waals surface area contributed by atoms with Crippen molar-refractivity contribution in [1.29, 1.82) is 0 Å². The Labute approximate surface area is 183 Å². The van der Waals surface area contributed by atoms with E-state index in [2.05, 4.69) is 10.6 Å². The van der Waals surface area contributed by atoms with Crippen LogP contribution in [0.25, 0.3) is 0 Å². The van der Waals surface area contributed by atoms with Crippen molar-refractivity contribution in [3.05, 3.63) is 78.3 Å². The monoisotopic (exact) mass is 436 g/mol. The average Bonchev–Trinajstić information content (AvgIpc) is 3.37. The Morgan fingerprint density at radius 1 is 0.969 bits per heavy atom. The van der Waals surface area contributed by atoms with E-state index in [-0.39, 0.29) is 24.0 Å². The topological polar surface area (TPSA) is 116 Å².